The molecule has 1 aromatic heterocycles. The summed E-state index contributed by atoms with van der Waals surface area (Å²) in [6.45, 7) is 2.12. The van der Waals surface area contributed by atoms with E-state index in [1.165, 1.54) is 0 Å². The summed E-state index contributed by atoms with van der Waals surface area (Å²) in [5, 5.41) is 0. The third-order valence-corrected chi connectivity index (χ3v) is 2.83. The largest absolute Gasteiger partial charge is 0.456 e. The average molecular weight is 244 g/mol. The van der Waals surface area contributed by atoms with Gasteiger partial charge in [-0.1, -0.05) is 30.3 Å². The van der Waals surface area contributed by atoms with Crippen LogP contribution >= 0.6 is 0 Å². The van der Waals surface area contributed by atoms with Gasteiger partial charge in [0.1, 0.15) is 6.61 Å². The molecule has 18 heavy (non-hydrogen) atoms. The van der Waals surface area contributed by atoms with E-state index in [4.69, 9.17) is 10.5 Å². The number of carbonyl (C=O) groups is 1. The second kappa shape index (κ2) is 4.96. The van der Waals surface area contributed by atoms with E-state index < -0.39 is 5.97 Å². The number of esters is 1. The smallest absolute Gasteiger partial charge is 0.357 e. The Bertz CT molecular complexity index is 559. The molecule has 0 saturated heterocycles. The molecule has 2 N–H and O–H groups in total. The minimum absolute atomic E-state index is 0.253. The second-order valence-corrected chi connectivity index (χ2v) is 4.25. The number of carbonyl (C=O) groups excluding carboxylic acids is 1. The number of nitrogen functional groups attached to an aromatic ring is 1. The quantitative estimate of drug-likeness (QED) is 0.843. The van der Waals surface area contributed by atoms with Crippen molar-refractivity contribution in [1.29, 1.82) is 0 Å². The Kier molecular flexibility index (Phi) is 3.37. The van der Waals surface area contributed by atoms with E-state index in [1.54, 1.807) is 11.6 Å². The number of hydrogen-bond donors (Lipinski definition) is 1. The number of nitrogens with two attached hydrogens (primary N) is 1. The van der Waals surface area contributed by atoms with Crippen LogP contribution in [-0.4, -0.2) is 10.5 Å². The van der Waals surface area contributed by atoms with Crippen LogP contribution in [0.15, 0.2) is 36.5 Å². The first-order valence-electron chi connectivity index (χ1n) is 5.72. The third kappa shape index (κ3) is 2.37. The number of anilines is 1. The van der Waals surface area contributed by atoms with Crippen LogP contribution in [0, 0.1) is 6.92 Å². The van der Waals surface area contributed by atoms with E-state index in [-0.39, 0.29) is 6.61 Å². The Morgan fingerprint density at radius 3 is 2.56 bits per heavy atom. The number of hydrogen-bond acceptors (Lipinski definition) is 3. The standard InChI is InChI=1S/C14H16N2O2/c1-10-8-16(2)13(12(10)15)14(17)18-9-11-6-4-3-5-7-11/h3-8H,9,15H2,1-2H3. The van der Waals surface area contributed by atoms with Gasteiger partial charge in [-0.2, -0.15) is 0 Å². The van der Waals surface area contributed by atoms with Crippen LogP contribution in [0.4, 0.5) is 5.69 Å². The maximum Gasteiger partial charge on any atom is 0.357 e. The minimum atomic E-state index is -0.396. The van der Waals surface area contributed by atoms with E-state index >= 15 is 0 Å². The van der Waals surface area contributed by atoms with Gasteiger partial charge in [0.2, 0.25) is 0 Å². The molecule has 0 bridgehead atoms. The van der Waals surface area contributed by atoms with Crippen LogP contribution in [0.2, 0.25) is 0 Å². The molecule has 0 unspecified atom stereocenters. The van der Waals surface area contributed by atoms with Crippen LogP contribution in [0.5, 0.6) is 0 Å². The first-order chi connectivity index (χ1) is 8.59. The molecule has 94 valence electrons. The summed E-state index contributed by atoms with van der Waals surface area (Å²) in [6, 6.07) is 9.55. The molecule has 4 nitrogen and oxygen atoms in total. The lowest BCUT2D eigenvalue weighted by Gasteiger charge is -2.06. The molecule has 1 heterocycles. The van der Waals surface area contributed by atoms with Gasteiger partial charge < -0.3 is 15.0 Å². The predicted molar refractivity (Wildman–Crippen MR) is 70.1 cm³/mol. The maximum absolute atomic E-state index is 11.9. The van der Waals surface area contributed by atoms with Gasteiger partial charge in [0.05, 0.1) is 5.69 Å². The van der Waals surface area contributed by atoms with Gasteiger partial charge in [0.25, 0.3) is 0 Å². The number of rotatable bonds is 3. The van der Waals surface area contributed by atoms with Gasteiger partial charge in [-0.15, -0.1) is 0 Å². The zero-order chi connectivity index (χ0) is 13.1. The fourth-order valence-corrected chi connectivity index (χ4v) is 1.85. The highest BCUT2D eigenvalue weighted by Crippen LogP contribution is 2.19. The number of ether oxygens (including phenoxy) is 1. The Labute approximate surface area is 106 Å². The van der Waals surface area contributed by atoms with Gasteiger partial charge in [0, 0.05) is 13.2 Å². The van der Waals surface area contributed by atoms with Crippen LogP contribution in [0.3, 0.4) is 0 Å². The molecule has 0 aliphatic heterocycles. The van der Waals surface area contributed by atoms with Crippen LogP contribution in [0.1, 0.15) is 21.6 Å². The molecule has 0 radical (unpaired) electrons. The van der Waals surface area contributed by atoms with E-state index in [1.807, 2.05) is 43.5 Å². The number of nitrogens with zero attached hydrogens (tertiary/aromatic N) is 1. The van der Waals surface area contributed by atoms with Crippen LogP contribution in [-0.2, 0) is 18.4 Å². The van der Waals surface area contributed by atoms with Crippen molar-refractivity contribution in [2.45, 2.75) is 13.5 Å². The lowest BCUT2D eigenvalue weighted by Crippen LogP contribution is -2.11. The normalized spacial score (nSPS) is 10.3. The second-order valence-electron chi connectivity index (χ2n) is 4.25. The van der Waals surface area contributed by atoms with Crippen molar-refractivity contribution in [3.8, 4) is 0 Å². The summed E-state index contributed by atoms with van der Waals surface area (Å²) < 4.78 is 6.94. The summed E-state index contributed by atoms with van der Waals surface area (Å²) in [6.07, 6.45) is 1.81. The highest BCUT2D eigenvalue weighted by atomic mass is 16.5. The molecule has 0 aliphatic carbocycles. The SMILES string of the molecule is Cc1cn(C)c(C(=O)OCc2ccccc2)c1N. The number of benzene rings is 1. The molecule has 0 aliphatic rings. The molecule has 0 saturated carbocycles. The van der Waals surface area contributed by atoms with Crippen molar-refractivity contribution in [2.24, 2.45) is 7.05 Å². The first kappa shape index (κ1) is 12.2. The van der Waals surface area contributed by atoms with E-state index in [9.17, 15) is 4.79 Å². The van der Waals surface area contributed by atoms with Gasteiger partial charge in [-0.25, -0.2) is 4.79 Å². The van der Waals surface area contributed by atoms with Crippen molar-refractivity contribution < 1.29 is 9.53 Å². The van der Waals surface area contributed by atoms with Gasteiger partial charge in [0.15, 0.2) is 5.69 Å². The molecule has 4 heteroatoms. The van der Waals surface area contributed by atoms with Gasteiger partial charge >= 0.3 is 5.97 Å². The summed E-state index contributed by atoms with van der Waals surface area (Å²) in [4.78, 5) is 11.9. The molecule has 0 atom stereocenters. The molecule has 0 amide bonds. The Balaban J connectivity index is 2.09. The monoisotopic (exact) mass is 244 g/mol. The minimum Gasteiger partial charge on any atom is -0.456 e. The van der Waals surface area contributed by atoms with E-state index in [2.05, 4.69) is 0 Å². The van der Waals surface area contributed by atoms with Crippen molar-refractivity contribution in [3.05, 3.63) is 53.3 Å². The fourth-order valence-electron chi connectivity index (χ4n) is 1.85. The molecular formula is C14H16N2O2. The third-order valence-electron chi connectivity index (χ3n) is 2.83. The maximum atomic E-state index is 11.9. The molecule has 0 fully saturated rings. The summed E-state index contributed by atoms with van der Waals surface area (Å²) in [5.74, 6) is -0.396. The average Bonchev–Trinajstić information content (AvgIpc) is 2.62. The summed E-state index contributed by atoms with van der Waals surface area (Å²) >= 11 is 0. The zero-order valence-corrected chi connectivity index (χ0v) is 10.5. The van der Waals surface area contributed by atoms with E-state index in [0.717, 1.165) is 11.1 Å². The molecule has 0 spiro atoms. The summed E-state index contributed by atoms with van der Waals surface area (Å²) in [7, 11) is 1.78. The predicted octanol–water partition coefficient (Wildman–Crippen LogP) is 2.27. The van der Waals surface area contributed by atoms with Gasteiger partial charge in [-0.3, -0.25) is 0 Å². The van der Waals surface area contributed by atoms with Crippen LogP contribution < -0.4 is 5.73 Å². The Morgan fingerprint density at radius 1 is 1.33 bits per heavy atom. The number of aryl methyl sites for hydroxylation is 2. The van der Waals surface area contributed by atoms with Crippen molar-refractivity contribution in [1.82, 2.24) is 4.57 Å². The highest BCUT2D eigenvalue weighted by Gasteiger charge is 2.17. The summed E-state index contributed by atoms with van der Waals surface area (Å²) in [5.41, 5.74) is 8.57. The van der Waals surface area contributed by atoms with Crippen molar-refractivity contribution in [3.63, 3.8) is 0 Å². The Hall–Kier alpha value is -2.23. The highest BCUT2D eigenvalue weighted by molar-refractivity contribution is 5.94. The van der Waals surface area contributed by atoms with E-state index in [0.29, 0.717) is 11.4 Å². The van der Waals surface area contributed by atoms with Crippen molar-refractivity contribution in [2.75, 3.05) is 5.73 Å². The topological polar surface area (TPSA) is 57.2 Å². The Morgan fingerprint density at radius 2 is 2.00 bits per heavy atom. The van der Waals surface area contributed by atoms with Crippen molar-refractivity contribution >= 4 is 11.7 Å². The lowest BCUT2D eigenvalue weighted by atomic mass is 10.2. The molecule has 2 rings (SSSR count). The number of aromatic nitrogens is 1. The molecular weight excluding hydrogens is 228 g/mol. The van der Waals surface area contributed by atoms with Crippen LogP contribution in [0.25, 0.3) is 0 Å². The molecule has 1 aromatic carbocycles. The van der Waals surface area contributed by atoms with Gasteiger partial charge in [-0.05, 0) is 18.1 Å². The first-order valence-corrected chi connectivity index (χ1v) is 5.72. The fraction of sp³-hybridized carbons (Fsp3) is 0.214. The molecule has 2 aromatic rings. The zero-order valence-electron chi connectivity index (χ0n) is 10.5. The lowest BCUT2D eigenvalue weighted by molar-refractivity contribution is 0.0463.